The van der Waals surface area contributed by atoms with Gasteiger partial charge in [0.05, 0.1) is 10.4 Å². The number of ether oxygens (including phenoxy) is 1. The number of nitrogens with one attached hydrogen (secondary N) is 1. The number of benzene rings is 1. The van der Waals surface area contributed by atoms with E-state index in [2.05, 4.69) is 4.72 Å². The van der Waals surface area contributed by atoms with Gasteiger partial charge in [0.25, 0.3) is 5.56 Å². The van der Waals surface area contributed by atoms with Gasteiger partial charge in [-0.3, -0.25) is 14.1 Å². The van der Waals surface area contributed by atoms with Gasteiger partial charge >= 0.3 is 0 Å². The van der Waals surface area contributed by atoms with Crippen molar-refractivity contribution in [2.45, 2.75) is 51.0 Å². The standard InChI is InChI=1S/C21H27FN2O5S/c1-14-4-5-16(18(22)10-14)11-17-15(2)20(26)24(13-29-3)12-19(17)23-30(27,28)21(6-7-21)8-9-25/h4-5,10,12,23,25H,6-9,11,13H2,1-3H3. The van der Waals surface area contributed by atoms with Gasteiger partial charge < -0.3 is 9.84 Å². The number of aryl methyl sites for hydroxylation is 1. The molecule has 1 aliphatic rings. The van der Waals surface area contributed by atoms with Crippen molar-refractivity contribution < 1.29 is 22.7 Å². The van der Waals surface area contributed by atoms with Crippen LogP contribution in [0, 0.1) is 19.7 Å². The molecule has 2 aromatic rings. The summed E-state index contributed by atoms with van der Waals surface area (Å²) in [6.45, 7) is 3.09. The number of aromatic nitrogens is 1. The number of hydrogen-bond donors (Lipinski definition) is 2. The first-order valence-corrected chi connectivity index (χ1v) is 11.2. The Morgan fingerprint density at radius 2 is 2.00 bits per heavy atom. The molecule has 7 nitrogen and oxygen atoms in total. The van der Waals surface area contributed by atoms with E-state index in [9.17, 15) is 22.7 Å². The molecule has 0 spiro atoms. The number of nitrogens with zero attached hydrogens (tertiary/aromatic N) is 1. The van der Waals surface area contributed by atoms with Crippen molar-refractivity contribution in [3.8, 4) is 0 Å². The number of aliphatic hydroxyl groups is 1. The molecule has 9 heteroatoms. The number of halogens is 1. The smallest absolute Gasteiger partial charge is 0.255 e. The summed E-state index contributed by atoms with van der Waals surface area (Å²) in [5.74, 6) is -0.414. The second-order valence-electron chi connectivity index (χ2n) is 7.87. The zero-order valence-corrected chi connectivity index (χ0v) is 18.2. The Kier molecular flexibility index (Phi) is 6.35. The van der Waals surface area contributed by atoms with Crippen molar-refractivity contribution >= 4 is 15.7 Å². The molecule has 0 radical (unpaired) electrons. The zero-order chi connectivity index (χ0) is 22.1. The van der Waals surface area contributed by atoms with Crippen LogP contribution in [0.25, 0.3) is 0 Å². The Morgan fingerprint density at radius 3 is 2.57 bits per heavy atom. The molecule has 30 heavy (non-hydrogen) atoms. The molecule has 1 heterocycles. The first-order chi connectivity index (χ1) is 14.1. The maximum absolute atomic E-state index is 14.5. The van der Waals surface area contributed by atoms with Crippen LogP contribution in [0.3, 0.4) is 0 Å². The van der Waals surface area contributed by atoms with Gasteiger partial charge in [-0.05, 0) is 55.9 Å². The Morgan fingerprint density at radius 1 is 1.30 bits per heavy atom. The van der Waals surface area contributed by atoms with E-state index >= 15 is 0 Å². The van der Waals surface area contributed by atoms with Gasteiger partial charge in [-0.2, -0.15) is 0 Å². The highest BCUT2D eigenvalue weighted by molar-refractivity contribution is 7.94. The lowest BCUT2D eigenvalue weighted by Crippen LogP contribution is -2.33. The third-order valence-corrected chi connectivity index (χ3v) is 7.92. The van der Waals surface area contributed by atoms with Crippen molar-refractivity contribution in [3.05, 3.63) is 62.8 Å². The van der Waals surface area contributed by atoms with Gasteiger partial charge in [-0.15, -0.1) is 0 Å². The van der Waals surface area contributed by atoms with Gasteiger partial charge in [0.2, 0.25) is 10.0 Å². The van der Waals surface area contributed by atoms with Gasteiger partial charge in [0.15, 0.2) is 0 Å². The van der Waals surface area contributed by atoms with E-state index in [0.29, 0.717) is 29.5 Å². The summed E-state index contributed by atoms with van der Waals surface area (Å²) in [6, 6.07) is 4.81. The van der Waals surface area contributed by atoms with E-state index < -0.39 is 20.6 Å². The van der Waals surface area contributed by atoms with E-state index in [0.717, 1.165) is 5.56 Å². The SMILES string of the molecule is COCn1cc(NS(=O)(=O)C2(CCO)CC2)c(Cc2ccc(C)cc2F)c(C)c1=O. The fraction of sp³-hybridized carbons (Fsp3) is 0.476. The highest BCUT2D eigenvalue weighted by Gasteiger charge is 2.54. The molecular formula is C21H27FN2O5S. The Balaban J connectivity index is 2.09. The lowest BCUT2D eigenvalue weighted by molar-refractivity contribution is 0.128. The van der Waals surface area contributed by atoms with Crippen molar-refractivity contribution in [2.75, 3.05) is 18.4 Å². The maximum Gasteiger partial charge on any atom is 0.255 e. The molecule has 2 N–H and O–H groups in total. The monoisotopic (exact) mass is 438 g/mol. The van der Waals surface area contributed by atoms with Crippen molar-refractivity contribution in [2.24, 2.45) is 0 Å². The quantitative estimate of drug-likeness (QED) is 0.627. The summed E-state index contributed by atoms with van der Waals surface area (Å²) in [6.07, 6.45) is 2.52. The minimum Gasteiger partial charge on any atom is -0.396 e. The fourth-order valence-electron chi connectivity index (χ4n) is 3.63. The predicted octanol–water partition coefficient (Wildman–Crippen LogP) is 2.46. The van der Waals surface area contributed by atoms with Gasteiger partial charge in [-0.25, -0.2) is 12.8 Å². The molecule has 1 saturated carbocycles. The summed E-state index contributed by atoms with van der Waals surface area (Å²) >= 11 is 0. The minimum atomic E-state index is -3.82. The van der Waals surface area contributed by atoms with Gasteiger partial charge in [0, 0.05) is 31.9 Å². The van der Waals surface area contributed by atoms with E-state index in [1.165, 1.54) is 23.9 Å². The second kappa shape index (κ2) is 8.49. The van der Waals surface area contributed by atoms with Crippen LogP contribution in [-0.2, 0) is 27.9 Å². The average Bonchev–Trinajstić information content (AvgIpc) is 3.46. The van der Waals surface area contributed by atoms with Crippen LogP contribution < -0.4 is 10.3 Å². The lowest BCUT2D eigenvalue weighted by Gasteiger charge is -2.21. The van der Waals surface area contributed by atoms with Crippen molar-refractivity contribution in [3.63, 3.8) is 0 Å². The fourth-order valence-corrected chi connectivity index (χ4v) is 5.31. The Bertz CT molecular complexity index is 1110. The predicted molar refractivity (Wildman–Crippen MR) is 113 cm³/mol. The molecule has 0 saturated heterocycles. The number of sulfonamides is 1. The number of rotatable bonds is 9. The first kappa shape index (κ1) is 22.5. The van der Waals surface area contributed by atoms with Crippen LogP contribution in [0.4, 0.5) is 10.1 Å². The van der Waals surface area contributed by atoms with Crippen LogP contribution in [0.5, 0.6) is 0 Å². The Hall–Kier alpha value is -2.23. The second-order valence-corrected chi connectivity index (χ2v) is 9.95. The Labute approximate surface area is 175 Å². The summed E-state index contributed by atoms with van der Waals surface area (Å²) in [5.41, 5.74) is 1.75. The third-order valence-electron chi connectivity index (χ3n) is 5.68. The third kappa shape index (κ3) is 4.28. The number of methoxy groups -OCH3 is 1. The molecule has 0 aliphatic heterocycles. The van der Waals surface area contributed by atoms with Crippen LogP contribution >= 0.6 is 0 Å². The summed E-state index contributed by atoms with van der Waals surface area (Å²) in [4.78, 5) is 12.7. The van der Waals surface area contributed by atoms with E-state index in [4.69, 9.17) is 4.74 Å². The molecule has 0 atom stereocenters. The summed E-state index contributed by atoms with van der Waals surface area (Å²) < 4.78 is 48.5. The maximum atomic E-state index is 14.5. The largest absolute Gasteiger partial charge is 0.396 e. The molecule has 0 amide bonds. The number of pyridine rings is 1. The van der Waals surface area contributed by atoms with Gasteiger partial charge in [0.1, 0.15) is 12.5 Å². The molecule has 1 fully saturated rings. The molecule has 1 aromatic heterocycles. The topological polar surface area (TPSA) is 97.6 Å². The zero-order valence-electron chi connectivity index (χ0n) is 17.4. The van der Waals surface area contributed by atoms with E-state index in [1.54, 1.807) is 26.0 Å². The molecule has 0 bridgehead atoms. The van der Waals surface area contributed by atoms with Crippen LogP contribution in [-0.4, -0.2) is 36.6 Å². The molecule has 0 unspecified atom stereocenters. The molecular weight excluding hydrogens is 411 g/mol. The number of anilines is 1. The van der Waals surface area contributed by atoms with E-state index in [1.807, 2.05) is 0 Å². The van der Waals surface area contributed by atoms with Gasteiger partial charge in [-0.1, -0.05) is 12.1 Å². The minimum absolute atomic E-state index is 0.0463. The highest BCUT2D eigenvalue weighted by Crippen LogP contribution is 2.47. The molecule has 1 aliphatic carbocycles. The molecule has 1 aromatic carbocycles. The molecule has 3 rings (SSSR count). The van der Waals surface area contributed by atoms with Crippen LogP contribution in [0.15, 0.2) is 29.2 Å². The molecule has 164 valence electrons. The van der Waals surface area contributed by atoms with Crippen molar-refractivity contribution in [1.29, 1.82) is 0 Å². The van der Waals surface area contributed by atoms with Crippen molar-refractivity contribution in [1.82, 2.24) is 4.57 Å². The lowest BCUT2D eigenvalue weighted by atomic mass is 9.99. The number of aliphatic hydroxyl groups excluding tert-OH is 1. The van der Waals surface area contributed by atoms with Crippen LogP contribution in [0.1, 0.15) is 41.5 Å². The van der Waals surface area contributed by atoms with Crippen LogP contribution in [0.2, 0.25) is 0 Å². The van der Waals surface area contributed by atoms with E-state index in [-0.39, 0.29) is 37.4 Å². The number of hydrogen-bond acceptors (Lipinski definition) is 5. The normalized spacial score (nSPS) is 15.2. The average molecular weight is 439 g/mol. The summed E-state index contributed by atoms with van der Waals surface area (Å²) in [5, 5.41) is 9.27. The first-order valence-electron chi connectivity index (χ1n) is 9.74. The summed E-state index contributed by atoms with van der Waals surface area (Å²) in [7, 11) is -2.38. The highest BCUT2D eigenvalue weighted by atomic mass is 32.2.